The van der Waals surface area contributed by atoms with Crippen LogP contribution in [0, 0.1) is 0 Å². The topological polar surface area (TPSA) is 57.7 Å². The second-order valence-corrected chi connectivity index (χ2v) is 6.52. The van der Waals surface area contributed by atoms with Gasteiger partial charge in [-0.25, -0.2) is 9.69 Å². The van der Waals surface area contributed by atoms with Crippen molar-refractivity contribution in [2.45, 2.75) is 19.5 Å². The van der Waals surface area contributed by atoms with Crippen LogP contribution < -0.4 is 0 Å². The van der Waals surface area contributed by atoms with Gasteiger partial charge in [-0.3, -0.25) is 14.5 Å². The lowest BCUT2D eigenvalue weighted by atomic mass is 10.1. The fourth-order valence-corrected chi connectivity index (χ4v) is 3.17. The third-order valence-electron chi connectivity index (χ3n) is 4.10. The number of carbonyl (C=O) groups is 3. The fourth-order valence-electron chi connectivity index (χ4n) is 2.70. The van der Waals surface area contributed by atoms with Gasteiger partial charge in [0.05, 0.1) is 12.6 Å². The molecule has 25 heavy (non-hydrogen) atoms. The van der Waals surface area contributed by atoms with Crippen molar-refractivity contribution in [1.82, 2.24) is 9.80 Å². The number of halogens is 2. The van der Waals surface area contributed by atoms with E-state index in [1.165, 1.54) is 6.07 Å². The maximum absolute atomic E-state index is 12.7. The standard InChI is InChI=1S/C18H14Cl2N2O3/c1-11(12-5-3-2-4-6-12)22-17(24)16(23)21(18(22)25)10-13-7-8-14(19)9-15(13)20/h2-9,11H,10H2,1H3. The quantitative estimate of drug-likeness (QED) is 0.597. The molecule has 1 saturated heterocycles. The number of imide groups is 2. The molecule has 0 aliphatic carbocycles. The number of carbonyl (C=O) groups excluding carboxylic acids is 3. The van der Waals surface area contributed by atoms with E-state index in [9.17, 15) is 14.4 Å². The Balaban J connectivity index is 1.87. The molecule has 1 atom stereocenters. The number of amides is 4. The Morgan fingerprint density at radius 2 is 1.64 bits per heavy atom. The van der Waals surface area contributed by atoms with Crippen molar-refractivity contribution in [3.63, 3.8) is 0 Å². The highest BCUT2D eigenvalue weighted by Crippen LogP contribution is 2.29. The van der Waals surface area contributed by atoms with Crippen LogP contribution >= 0.6 is 23.2 Å². The first-order chi connectivity index (χ1) is 11.9. The fraction of sp³-hybridized carbons (Fsp3) is 0.167. The van der Waals surface area contributed by atoms with Crippen LogP contribution in [0.4, 0.5) is 4.79 Å². The highest BCUT2D eigenvalue weighted by Gasteiger charge is 2.46. The summed E-state index contributed by atoms with van der Waals surface area (Å²) in [5.41, 5.74) is 1.30. The summed E-state index contributed by atoms with van der Waals surface area (Å²) >= 11 is 12.0. The summed E-state index contributed by atoms with van der Waals surface area (Å²) in [4.78, 5) is 39.2. The molecule has 0 bridgehead atoms. The molecule has 0 N–H and O–H groups in total. The van der Waals surface area contributed by atoms with E-state index in [4.69, 9.17) is 23.2 Å². The lowest BCUT2D eigenvalue weighted by Gasteiger charge is -2.22. The zero-order valence-corrected chi connectivity index (χ0v) is 14.8. The third-order valence-corrected chi connectivity index (χ3v) is 4.68. The van der Waals surface area contributed by atoms with Gasteiger partial charge < -0.3 is 0 Å². The van der Waals surface area contributed by atoms with E-state index in [1.54, 1.807) is 31.2 Å². The van der Waals surface area contributed by atoms with Crippen molar-refractivity contribution in [3.8, 4) is 0 Å². The van der Waals surface area contributed by atoms with Gasteiger partial charge in [-0.05, 0) is 30.2 Å². The number of urea groups is 1. The minimum Gasteiger partial charge on any atom is -0.263 e. The van der Waals surface area contributed by atoms with Gasteiger partial charge in [-0.1, -0.05) is 59.6 Å². The maximum atomic E-state index is 12.7. The average molecular weight is 377 g/mol. The molecule has 0 saturated carbocycles. The molecule has 128 valence electrons. The number of hydrogen-bond donors (Lipinski definition) is 0. The normalized spacial score (nSPS) is 15.9. The van der Waals surface area contributed by atoms with Crippen LogP contribution in [-0.4, -0.2) is 27.6 Å². The minimum atomic E-state index is -0.862. The van der Waals surface area contributed by atoms with E-state index in [0.29, 0.717) is 15.6 Å². The molecule has 1 fully saturated rings. The summed E-state index contributed by atoms with van der Waals surface area (Å²) in [5.74, 6) is -1.70. The average Bonchev–Trinajstić information content (AvgIpc) is 2.81. The van der Waals surface area contributed by atoms with Gasteiger partial charge >= 0.3 is 17.8 Å². The molecule has 1 aliphatic heterocycles. The Hall–Kier alpha value is -2.37. The van der Waals surface area contributed by atoms with Crippen LogP contribution in [0.5, 0.6) is 0 Å². The Morgan fingerprint density at radius 3 is 2.28 bits per heavy atom. The molecule has 1 aliphatic rings. The van der Waals surface area contributed by atoms with E-state index in [2.05, 4.69) is 0 Å². The molecule has 3 rings (SSSR count). The molecule has 5 nitrogen and oxygen atoms in total. The summed E-state index contributed by atoms with van der Waals surface area (Å²) in [7, 11) is 0. The summed E-state index contributed by atoms with van der Waals surface area (Å²) in [6.07, 6.45) is 0. The summed E-state index contributed by atoms with van der Waals surface area (Å²) in [6, 6.07) is 12.6. The zero-order valence-electron chi connectivity index (χ0n) is 13.3. The monoisotopic (exact) mass is 376 g/mol. The third kappa shape index (κ3) is 3.25. The van der Waals surface area contributed by atoms with Gasteiger partial charge in [0.25, 0.3) is 0 Å². The molecule has 1 unspecified atom stereocenters. The van der Waals surface area contributed by atoms with Gasteiger partial charge in [-0.15, -0.1) is 0 Å². The van der Waals surface area contributed by atoms with E-state index in [-0.39, 0.29) is 6.54 Å². The predicted molar refractivity (Wildman–Crippen MR) is 94.1 cm³/mol. The molecular formula is C18H14Cl2N2O3. The van der Waals surface area contributed by atoms with Crippen molar-refractivity contribution in [3.05, 3.63) is 69.7 Å². The minimum absolute atomic E-state index is 0.0859. The SMILES string of the molecule is CC(c1ccccc1)N1C(=O)C(=O)N(Cc2ccc(Cl)cc2Cl)C1=O. The largest absolute Gasteiger partial charge is 0.335 e. The summed E-state index contributed by atoms with van der Waals surface area (Å²) in [5, 5.41) is 0.776. The van der Waals surface area contributed by atoms with Crippen molar-refractivity contribution in [1.29, 1.82) is 0 Å². The second-order valence-electron chi connectivity index (χ2n) is 5.67. The molecule has 0 aromatic heterocycles. The van der Waals surface area contributed by atoms with Crippen LogP contribution in [0.15, 0.2) is 48.5 Å². The van der Waals surface area contributed by atoms with Crippen LogP contribution in [0.3, 0.4) is 0 Å². The molecule has 2 aromatic carbocycles. The molecule has 7 heteroatoms. The maximum Gasteiger partial charge on any atom is 0.335 e. The number of nitrogens with zero attached hydrogens (tertiary/aromatic N) is 2. The molecule has 2 aromatic rings. The first-order valence-electron chi connectivity index (χ1n) is 7.58. The molecule has 0 radical (unpaired) electrons. The molecular weight excluding hydrogens is 363 g/mol. The predicted octanol–water partition coefficient (Wildman–Crippen LogP) is 4.05. The van der Waals surface area contributed by atoms with Crippen molar-refractivity contribution < 1.29 is 14.4 Å². The van der Waals surface area contributed by atoms with Crippen LogP contribution in [-0.2, 0) is 16.1 Å². The summed E-state index contributed by atoms with van der Waals surface area (Å²) in [6.45, 7) is 1.62. The Kier molecular flexibility index (Phi) is 4.79. The summed E-state index contributed by atoms with van der Waals surface area (Å²) < 4.78 is 0. The Bertz CT molecular complexity index is 855. The smallest absolute Gasteiger partial charge is 0.263 e. The lowest BCUT2D eigenvalue weighted by molar-refractivity contribution is -0.144. The molecule has 0 spiro atoms. The van der Waals surface area contributed by atoms with E-state index < -0.39 is 23.9 Å². The zero-order chi connectivity index (χ0) is 18.1. The van der Waals surface area contributed by atoms with Gasteiger partial charge in [0.15, 0.2) is 0 Å². The van der Waals surface area contributed by atoms with Gasteiger partial charge in [0.1, 0.15) is 0 Å². The molecule has 4 amide bonds. The van der Waals surface area contributed by atoms with Gasteiger partial charge in [0.2, 0.25) is 0 Å². The van der Waals surface area contributed by atoms with E-state index in [1.807, 2.05) is 18.2 Å². The van der Waals surface area contributed by atoms with Crippen molar-refractivity contribution in [2.75, 3.05) is 0 Å². The lowest BCUT2D eigenvalue weighted by Crippen LogP contribution is -2.35. The van der Waals surface area contributed by atoms with Crippen LogP contribution in [0.2, 0.25) is 10.0 Å². The second kappa shape index (κ2) is 6.86. The number of benzene rings is 2. The van der Waals surface area contributed by atoms with Crippen molar-refractivity contribution >= 4 is 41.0 Å². The van der Waals surface area contributed by atoms with Crippen LogP contribution in [0.1, 0.15) is 24.1 Å². The van der Waals surface area contributed by atoms with Crippen molar-refractivity contribution in [2.24, 2.45) is 0 Å². The van der Waals surface area contributed by atoms with E-state index in [0.717, 1.165) is 15.4 Å². The van der Waals surface area contributed by atoms with Crippen LogP contribution in [0.25, 0.3) is 0 Å². The first-order valence-corrected chi connectivity index (χ1v) is 8.33. The number of rotatable bonds is 4. The number of hydrogen-bond acceptors (Lipinski definition) is 3. The highest BCUT2D eigenvalue weighted by molar-refractivity contribution is 6.44. The first kappa shape index (κ1) is 17.5. The van der Waals surface area contributed by atoms with E-state index >= 15 is 0 Å². The Labute approximate surface area is 154 Å². The molecule has 1 heterocycles. The Morgan fingerprint density at radius 1 is 0.960 bits per heavy atom. The van der Waals surface area contributed by atoms with Gasteiger partial charge in [0, 0.05) is 10.0 Å². The van der Waals surface area contributed by atoms with Gasteiger partial charge in [-0.2, -0.15) is 0 Å². The highest BCUT2D eigenvalue weighted by atomic mass is 35.5.